The van der Waals surface area contributed by atoms with Gasteiger partial charge in [0, 0.05) is 31.0 Å². The Morgan fingerprint density at radius 3 is 1.94 bits per heavy atom. The largest absolute Gasteiger partial charge is 0.501 e. The van der Waals surface area contributed by atoms with Crippen molar-refractivity contribution in [3.63, 3.8) is 0 Å². The summed E-state index contributed by atoms with van der Waals surface area (Å²) in [6, 6.07) is 0.370. The van der Waals surface area contributed by atoms with Crippen molar-refractivity contribution in [1.29, 1.82) is 0 Å². The van der Waals surface area contributed by atoms with Gasteiger partial charge in [-0.3, -0.25) is 4.90 Å². The zero-order valence-corrected chi connectivity index (χ0v) is 20.4. The third-order valence-electron chi connectivity index (χ3n) is 7.07. The van der Waals surface area contributed by atoms with Gasteiger partial charge in [-0.25, -0.2) is 4.79 Å². The van der Waals surface area contributed by atoms with Crippen LogP contribution in [0.5, 0.6) is 0 Å². The number of hydrogen-bond acceptors (Lipinski definition) is 5. The van der Waals surface area contributed by atoms with E-state index in [0.29, 0.717) is 6.54 Å². The molecule has 1 amide bonds. The van der Waals surface area contributed by atoms with Gasteiger partial charge in [-0.05, 0) is 65.7 Å². The van der Waals surface area contributed by atoms with Crippen LogP contribution in [-0.4, -0.2) is 67.9 Å². The SMILES string of the molecule is COC1=CCC2=C[C@@H]1[C@H]1C=C(CC=C1OC)C[C@H]1CN(C)[C@@H](C2)CN1C(=O)OC(C)(C)C. The number of ether oxygens (including phenoxy) is 3. The van der Waals surface area contributed by atoms with Crippen molar-refractivity contribution in [2.45, 2.75) is 64.1 Å². The minimum absolute atomic E-state index is 0.0983. The Kier molecular flexibility index (Phi) is 6.44. The van der Waals surface area contributed by atoms with Crippen LogP contribution in [0.15, 0.2) is 47.0 Å². The molecule has 0 unspecified atom stereocenters. The Bertz CT molecular complexity index is 864. The number of nitrogens with zero attached hydrogens (tertiary/aromatic N) is 2. The molecule has 0 aromatic carbocycles. The van der Waals surface area contributed by atoms with Crippen molar-refractivity contribution < 1.29 is 19.0 Å². The van der Waals surface area contributed by atoms with Crippen LogP contribution in [-0.2, 0) is 14.2 Å². The summed E-state index contributed by atoms with van der Waals surface area (Å²) >= 11 is 0. The molecule has 6 heteroatoms. The minimum Gasteiger partial charge on any atom is -0.501 e. The van der Waals surface area contributed by atoms with E-state index in [2.05, 4.69) is 36.3 Å². The molecule has 0 radical (unpaired) electrons. The van der Waals surface area contributed by atoms with Crippen LogP contribution in [0.3, 0.4) is 0 Å². The fraction of sp³-hybridized carbons (Fsp3) is 0.654. The van der Waals surface area contributed by atoms with Gasteiger partial charge in [0.25, 0.3) is 0 Å². The Balaban J connectivity index is 1.71. The molecule has 0 aromatic heterocycles. The molecule has 3 heterocycles. The van der Waals surface area contributed by atoms with Crippen LogP contribution in [0.4, 0.5) is 4.79 Å². The molecule has 5 aliphatic rings. The molecule has 6 bridgehead atoms. The summed E-state index contributed by atoms with van der Waals surface area (Å²) in [4.78, 5) is 17.6. The van der Waals surface area contributed by atoms with Crippen LogP contribution in [0.2, 0.25) is 0 Å². The number of allylic oxidation sites excluding steroid dienone is 4. The highest BCUT2D eigenvalue weighted by atomic mass is 16.6. The summed E-state index contributed by atoms with van der Waals surface area (Å²) in [6.45, 7) is 7.34. The van der Waals surface area contributed by atoms with Crippen LogP contribution in [0.25, 0.3) is 0 Å². The molecule has 1 saturated heterocycles. The summed E-state index contributed by atoms with van der Waals surface area (Å²) in [7, 11) is 5.71. The van der Waals surface area contributed by atoms with Gasteiger partial charge >= 0.3 is 6.09 Å². The molecule has 6 nitrogen and oxygen atoms in total. The number of rotatable bonds is 2. The van der Waals surface area contributed by atoms with Crippen molar-refractivity contribution >= 4 is 6.09 Å². The number of methoxy groups -OCH3 is 2. The smallest absolute Gasteiger partial charge is 0.410 e. The summed E-state index contributed by atoms with van der Waals surface area (Å²) in [5.41, 5.74) is 2.24. The average molecular weight is 443 g/mol. The standard InChI is InChI=1S/C26H38N2O4/c1-26(2,3)32-25(29)28-16-19-11-17-7-9-23(30-5)21(13-17)22-14-18(8-10-24(22)31-6)12-20(28)15-27(19)4/h9-10,13-14,19-22H,7-8,11-12,15-16H2,1-6H3/t19-,20-,21+,22+/m0/s1. The first-order chi connectivity index (χ1) is 15.2. The van der Waals surface area contributed by atoms with Gasteiger partial charge in [0.05, 0.1) is 31.8 Å². The Labute approximate surface area is 192 Å². The maximum Gasteiger partial charge on any atom is 0.410 e. The second-order valence-electron chi connectivity index (χ2n) is 10.5. The van der Waals surface area contributed by atoms with Crippen molar-refractivity contribution in [2.24, 2.45) is 11.8 Å². The van der Waals surface area contributed by atoms with E-state index in [1.54, 1.807) is 14.2 Å². The van der Waals surface area contributed by atoms with Crippen molar-refractivity contribution in [1.82, 2.24) is 9.80 Å². The fourth-order valence-electron chi connectivity index (χ4n) is 5.49. The van der Waals surface area contributed by atoms with E-state index < -0.39 is 5.60 Å². The predicted octanol–water partition coefficient (Wildman–Crippen LogP) is 4.65. The van der Waals surface area contributed by atoms with Crippen LogP contribution in [0, 0.1) is 11.8 Å². The molecular formula is C26H38N2O4. The maximum absolute atomic E-state index is 13.2. The van der Waals surface area contributed by atoms with Gasteiger partial charge in [-0.15, -0.1) is 0 Å². The third-order valence-corrected chi connectivity index (χ3v) is 7.07. The number of fused-ring (bicyclic) bond motifs is 2. The second kappa shape index (κ2) is 8.97. The first kappa shape index (κ1) is 23.0. The predicted molar refractivity (Wildman–Crippen MR) is 125 cm³/mol. The van der Waals surface area contributed by atoms with E-state index in [9.17, 15) is 4.79 Å². The van der Waals surface area contributed by atoms with Crippen LogP contribution in [0.1, 0.15) is 46.5 Å². The number of likely N-dealkylation sites (N-methyl/N-ethyl adjacent to an activating group) is 1. The minimum atomic E-state index is -0.502. The van der Waals surface area contributed by atoms with E-state index in [0.717, 1.165) is 43.7 Å². The summed E-state index contributed by atoms with van der Waals surface area (Å²) < 4.78 is 17.4. The van der Waals surface area contributed by atoms with E-state index in [4.69, 9.17) is 14.2 Å². The molecule has 32 heavy (non-hydrogen) atoms. The monoisotopic (exact) mass is 442 g/mol. The first-order valence-corrected chi connectivity index (χ1v) is 11.8. The Hall–Kier alpha value is -2.21. The Morgan fingerprint density at radius 1 is 0.906 bits per heavy atom. The van der Waals surface area contributed by atoms with Gasteiger partial charge in [0.2, 0.25) is 0 Å². The van der Waals surface area contributed by atoms with Gasteiger partial charge in [0.1, 0.15) is 5.60 Å². The van der Waals surface area contributed by atoms with Crippen LogP contribution >= 0.6 is 0 Å². The van der Waals surface area contributed by atoms with Crippen molar-refractivity contribution in [3.8, 4) is 0 Å². The molecule has 0 aromatic rings. The molecule has 2 aliphatic carbocycles. The van der Waals surface area contributed by atoms with E-state index in [-0.39, 0.29) is 30.0 Å². The van der Waals surface area contributed by atoms with Gasteiger partial charge in [0.15, 0.2) is 0 Å². The molecule has 176 valence electrons. The molecule has 0 saturated carbocycles. The highest BCUT2D eigenvalue weighted by Crippen LogP contribution is 2.41. The van der Waals surface area contributed by atoms with Gasteiger partial charge in [-0.2, -0.15) is 0 Å². The zero-order chi connectivity index (χ0) is 23.0. The molecule has 5 rings (SSSR count). The quantitative estimate of drug-likeness (QED) is 0.583. The summed E-state index contributed by atoms with van der Waals surface area (Å²) in [6.07, 6.45) is 12.5. The van der Waals surface area contributed by atoms with Crippen molar-refractivity contribution in [3.05, 3.63) is 47.0 Å². The lowest BCUT2D eigenvalue weighted by atomic mass is 9.77. The Morgan fingerprint density at radius 2 is 1.44 bits per heavy atom. The lowest BCUT2D eigenvalue weighted by Gasteiger charge is -2.46. The van der Waals surface area contributed by atoms with E-state index >= 15 is 0 Å². The third kappa shape index (κ3) is 4.75. The van der Waals surface area contributed by atoms with Crippen LogP contribution < -0.4 is 0 Å². The number of carbonyl (C=O) groups excluding carboxylic acids is 1. The van der Waals surface area contributed by atoms with E-state index in [1.165, 1.54) is 11.1 Å². The lowest BCUT2D eigenvalue weighted by molar-refractivity contribution is -0.0109. The number of amides is 1. The summed E-state index contributed by atoms with van der Waals surface area (Å²) in [5.74, 6) is 2.29. The highest BCUT2D eigenvalue weighted by molar-refractivity contribution is 5.69. The zero-order valence-electron chi connectivity index (χ0n) is 20.4. The lowest BCUT2D eigenvalue weighted by Crippen LogP contribution is -2.59. The molecule has 0 N–H and O–H groups in total. The number of piperazine rings is 1. The normalized spacial score (nSPS) is 30.8. The second-order valence-corrected chi connectivity index (χ2v) is 10.5. The molecule has 1 fully saturated rings. The van der Waals surface area contributed by atoms with Crippen molar-refractivity contribution in [2.75, 3.05) is 34.4 Å². The first-order valence-electron chi connectivity index (χ1n) is 11.8. The molecule has 3 aliphatic heterocycles. The van der Waals surface area contributed by atoms with E-state index in [1.807, 2.05) is 25.7 Å². The molecular weight excluding hydrogens is 404 g/mol. The fourth-order valence-corrected chi connectivity index (χ4v) is 5.49. The summed E-state index contributed by atoms with van der Waals surface area (Å²) in [5, 5.41) is 0. The number of carbonyl (C=O) groups is 1. The molecule has 0 spiro atoms. The molecule has 4 atom stereocenters. The van der Waals surface area contributed by atoms with Gasteiger partial charge in [-0.1, -0.05) is 23.3 Å². The number of hydrogen-bond donors (Lipinski definition) is 0. The topological polar surface area (TPSA) is 51.2 Å². The highest BCUT2D eigenvalue weighted by Gasteiger charge is 2.40. The van der Waals surface area contributed by atoms with Gasteiger partial charge < -0.3 is 19.1 Å². The average Bonchev–Trinajstić information content (AvgIpc) is 2.73. The maximum atomic E-state index is 13.2.